The lowest BCUT2D eigenvalue weighted by molar-refractivity contribution is 0.266. The minimum Gasteiger partial charge on any atom is -0.490 e. The lowest BCUT2D eigenvalue weighted by atomic mass is 10.2. The molecule has 0 aliphatic rings. The fraction of sp³-hybridized carbons (Fsp3) is 0.182. The first-order valence-electron chi connectivity index (χ1n) is 9.56. The molecule has 0 fully saturated rings. The normalized spacial score (nSPS) is 11.3. The standard InChI is InChI=1S/C22H21Cl2FN2O4S/c1-2-30-21-11-14(12-27-15-6-8-16(9-7-15)32(26,28)29)10-19(24)22(21)31-13-17-18(23)4-3-5-20(17)25/h3-11,27H,2,12-13H2,1H3,(H2,26,28,29). The number of primary sulfonamides is 1. The summed E-state index contributed by atoms with van der Waals surface area (Å²) in [6, 6.07) is 13.9. The van der Waals surface area contributed by atoms with E-state index in [-0.39, 0.29) is 27.8 Å². The summed E-state index contributed by atoms with van der Waals surface area (Å²) in [6.07, 6.45) is 0. The molecule has 3 rings (SSSR count). The van der Waals surface area contributed by atoms with Crippen molar-refractivity contribution < 1.29 is 22.3 Å². The average Bonchev–Trinajstić information content (AvgIpc) is 2.73. The molecule has 0 aromatic heterocycles. The molecule has 170 valence electrons. The van der Waals surface area contributed by atoms with Gasteiger partial charge in [0.05, 0.1) is 21.5 Å². The van der Waals surface area contributed by atoms with Gasteiger partial charge in [0.2, 0.25) is 10.0 Å². The summed E-state index contributed by atoms with van der Waals surface area (Å²) in [5.41, 5.74) is 1.72. The Morgan fingerprint density at radius 2 is 1.75 bits per heavy atom. The summed E-state index contributed by atoms with van der Waals surface area (Å²) in [4.78, 5) is 0.0289. The van der Waals surface area contributed by atoms with E-state index in [0.717, 1.165) is 5.56 Å². The largest absolute Gasteiger partial charge is 0.490 e. The molecular weight excluding hydrogens is 478 g/mol. The molecule has 3 aromatic rings. The van der Waals surface area contributed by atoms with Crippen molar-refractivity contribution in [1.29, 1.82) is 0 Å². The summed E-state index contributed by atoms with van der Waals surface area (Å²) in [6.45, 7) is 2.47. The molecule has 0 atom stereocenters. The summed E-state index contributed by atoms with van der Waals surface area (Å²) in [5, 5.41) is 8.83. The van der Waals surface area contributed by atoms with Gasteiger partial charge in [-0.3, -0.25) is 0 Å². The number of nitrogens with one attached hydrogen (secondary N) is 1. The van der Waals surface area contributed by atoms with Crippen molar-refractivity contribution in [3.05, 3.63) is 81.6 Å². The highest BCUT2D eigenvalue weighted by Crippen LogP contribution is 2.38. The quantitative estimate of drug-likeness (QED) is 0.413. The minimum atomic E-state index is -3.75. The fourth-order valence-electron chi connectivity index (χ4n) is 2.91. The van der Waals surface area contributed by atoms with Gasteiger partial charge >= 0.3 is 0 Å². The highest BCUT2D eigenvalue weighted by Gasteiger charge is 2.15. The molecule has 0 unspecified atom stereocenters. The van der Waals surface area contributed by atoms with Gasteiger partial charge in [-0.25, -0.2) is 17.9 Å². The van der Waals surface area contributed by atoms with Crippen molar-refractivity contribution in [3.8, 4) is 11.5 Å². The van der Waals surface area contributed by atoms with Crippen molar-refractivity contribution in [2.75, 3.05) is 11.9 Å². The molecule has 0 amide bonds. The number of hydrogen-bond donors (Lipinski definition) is 2. The van der Waals surface area contributed by atoms with Crippen LogP contribution in [0.4, 0.5) is 10.1 Å². The minimum absolute atomic E-state index is 0.0289. The monoisotopic (exact) mass is 498 g/mol. The van der Waals surface area contributed by atoms with Crippen molar-refractivity contribution in [3.63, 3.8) is 0 Å². The van der Waals surface area contributed by atoms with E-state index >= 15 is 0 Å². The molecule has 0 bridgehead atoms. The van der Waals surface area contributed by atoms with E-state index in [4.69, 9.17) is 37.8 Å². The fourth-order valence-corrected chi connectivity index (χ4v) is 3.93. The maximum absolute atomic E-state index is 14.0. The van der Waals surface area contributed by atoms with E-state index in [2.05, 4.69) is 5.32 Å². The van der Waals surface area contributed by atoms with Crippen LogP contribution in [-0.2, 0) is 23.2 Å². The molecule has 0 heterocycles. The zero-order chi connectivity index (χ0) is 23.3. The van der Waals surface area contributed by atoms with E-state index in [1.807, 2.05) is 6.92 Å². The second-order valence-corrected chi connectivity index (χ2v) is 9.13. The molecule has 0 saturated heterocycles. The van der Waals surface area contributed by atoms with Crippen LogP contribution in [0.2, 0.25) is 10.0 Å². The Kier molecular flexibility index (Phi) is 7.84. The molecule has 0 saturated carbocycles. The Morgan fingerprint density at radius 3 is 2.38 bits per heavy atom. The second kappa shape index (κ2) is 10.4. The predicted molar refractivity (Wildman–Crippen MR) is 124 cm³/mol. The number of nitrogens with two attached hydrogens (primary N) is 1. The third-order valence-corrected chi connectivity index (χ3v) is 6.04. The maximum Gasteiger partial charge on any atom is 0.238 e. The number of sulfonamides is 1. The van der Waals surface area contributed by atoms with Crippen LogP contribution in [0.1, 0.15) is 18.1 Å². The Morgan fingerprint density at radius 1 is 1.03 bits per heavy atom. The molecule has 3 N–H and O–H groups in total. The predicted octanol–water partition coefficient (Wildman–Crippen LogP) is 5.37. The van der Waals surface area contributed by atoms with Gasteiger partial charge in [0.1, 0.15) is 12.4 Å². The third kappa shape index (κ3) is 6.04. The molecule has 3 aromatic carbocycles. The maximum atomic E-state index is 14.0. The first kappa shape index (κ1) is 24.1. The van der Waals surface area contributed by atoms with Gasteiger partial charge in [0, 0.05) is 17.8 Å². The third-order valence-electron chi connectivity index (χ3n) is 4.47. The van der Waals surface area contributed by atoms with Crippen LogP contribution >= 0.6 is 23.2 Å². The van der Waals surface area contributed by atoms with Crippen LogP contribution in [0.15, 0.2) is 59.5 Å². The SMILES string of the molecule is CCOc1cc(CNc2ccc(S(N)(=O)=O)cc2)cc(Cl)c1OCc1c(F)cccc1Cl. The molecule has 6 nitrogen and oxygen atoms in total. The van der Waals surface area contributed by atoms with Crippen LogP contribution in [0, 0.1) is 5.82 Å². The Balaban J connectivity index is 1.76. The van der Waals surface area contributed by atoms with E-state index in [1.165, 1.54) is 24.3 Å². The number of anilines is 1. The van der Waals surface area contributed by atoms with Crippen LogP contribution in [-0.4, -0.2) is 15.0 Å². The summed E-state index contributed by atoms with van der Waals surface area (Å²) in [7, 11) is -3.75. The van der Waals surface area contributed by atoms with Gasteiger partial charge in [-0.05, 0) is 61.0 Å². The number of hydrogen-bond acceptors (Lipinski definition) is 5. The lowest BCUT2D eigenvalue weighted by Crippen LogP contribution is -2.12. The van der Waals surface area contributed by atoms with Gasteiger partial charge in [-0.15, -0.1) is 0 Å². The van der Waals surface area contributed by atoms with Crippen molar-refractivity contribution >= 4 is 38.9 Å². The van der Waals surface area contributed by atoms with Crippen molar-refractivity contribution in [2.45, 2.75) is 25.0 Å². The van der Waals surface area contributed by atoms with Crippen molar-refractivity contribution in [1.82, 2.24) is 0 Å². The van der Waals surface area contributed by atoms with Gasteiger partial charge in [-0.2, -0.15) is 0 Å². The molecule has 32 heavy (non-hydrogen) atoms. The molecule has 0 aliphatic carbocycles. The summed E-state index contributed by atoms with van der Waals surface area (Å²) < 4.78 is 48.2. The zero-order valence-electron chi connectivity index (χ0n) is 17.1. The molecule has 10 heteroatoms. The van der Waals surface area contributed by atoms with Crippen LogP contribution < -0.4 is 19.9 Å². The zero-order valence-corrected chi connectivity index (χ0v) is 19.4. The number of halogens is 3. The van der Waals surface area contributed by atoms with Crippen LogP contribution in [0.3, 0.4) is 0 Å². The average molecular weight is 499 g/mol. The first-order chi connectivity index (χ1) is 15.2. The molecular formula is C22H21Cl2FN2O4S. The Labute approximate surface area is 196 Å². The molecule has 0 radical (unpaired) electrons. The van der Waals surface area contributed by atoms with Gasteiger partial charge < -0.3 is 14.8 Å². The van der Waals surface area contributed by atoms with Crippen LogP contribution in [0.5, 0.6) is 11.5 Å². The van der Waals surface area contributed by atoms with Crippen LogP contribution in [0.25, 0.3) is 0 Å². The number of benzene rings is 3. The molecule has 0 aliphatic heterocycles. The lowest BCUT2D eigenvalue weighted by Gasteiger charge is -2.16. The summed E-state index contributed by atoms with van der Waals surface area (Å²) in [5.74, 6) is 0.226. The van der Waals surface area contributed by atoms with Gasteiger partial charge in [0.25, 0.3) is 0 Å². The summed E-state index contributed by atoms with van der Waals surface area (Å²) >= 11 is 12.5. The smallest absolute Gasteiger partial charge is 0.238 e. The highest BCUT2D eigenvalue weighted by molar-refractivity contribution is 7.89. The van der Waals surface area contributed by atoms with E-state index < -0.39 is 15.8 Å². The second-order valence-electron chi connectivity index (χ2n) is 6.75. The number of ether oxygens (including phenoxy) is 2. The topological polar surface area (TPSA) is 90.6 Å². The Hall–Kier alpha value is -2.52. The first-order valence-corrected chi connectivity index (χ1v) is 11.9. The van der Waals surface area contributed by atoms with Crippen molar-refractivity contribution in [2.24, 2.45) is 5.14 Å². The highest BCUT2D eigenvalue weighted by atomic mass is 35.5. The Bertz CT molecular complexity index is 1190. The van der Waals surface area contributed by atoms with Gasteiger partial charge in [-0.1, -0.05) is 29.3 Å². The van der Waals surface area contributed by atoms with E-state index in [9.17, 15) is 12.8 Å². The van der Waals surface area contributed by atoms with Gasteiger partial charge in [0.15, 0.2) is 11.5 Å². The van der Waals surface area contributed by atoms with E-state index in [1.54, 1.807) is 30.3 Å². The van der Waals surface area contributed by atoms with E-state index in [0.29, 0.717) is 29.6 Å². The molecule has 0 spiro atoms. The number of rotatable bonds is 9.